The Morgan fingerprint density at radius 1 is 1.54 bits per heavy atom. The average Bonchev–Trinajstić information content (AvgIpc) is 2.11. The predicted molar refractivity (Wildman–Crippen MR) is 53.3 cm³/mol. The van der Waals surface area contributed by atoms with Crippen LogP contribution >= 0.6 is 0 Å². The van der Waals surface area contributed by atoms with Crippen molar-refractivity contribution in [2.75, 3.05) is 18.1 Å². The first kappa shape index (κ1) is 12.6. The zero-order valence-corrected chi connectivity index (χ0v) is 8.89. The maximum atomic E-state index is 11.0. The molecular formula is C8H17NO3S. The molecule has 0 aromatic heterocycles. The molecule has 0 rings (SSSR count). The highest BCUT2D eigenvalue weighted by Gasteiger charge is 2.13. The van der Waals surface area contributed by atoms with Crippen molar-refractivity contribution in [1.29, 1.82) is 0 Å². The summed E-state index contributed by atoms with van der Waals surface area (Å²) in [5.74, 6) is 0.316. The molecule has 0 saturated heterocycles. The van der Waals surface area contributed by atoms with Crippen molar-refractivity contribution in [3.63, 3.8) is 0 Å². The van der Waals surface area contributed by atoms with Gasteiger partial charge in [0, 0.05) is 28.9 Å². The number of hydrogen-bond donors (Lipinski definition) is 2. The van der Waals surface area contributed by atoms with Crippen molar-refractivity contribution < 1.29 is 14.1 Å². The van der Waals surface area contributed by atoms with E-state index in [9.17, 15) is 9.00 Å². The summed E-state index contributed by atoms with van der Waals surface area (Å²) in [6.07, 6.45) is 0.550. The van der Waals surface area contributed by atoms with E-state index < -0.39 is 22.8 Å². The lowest BCUT2D eigenvalue weighted by Crippen LogP contribution is -2.38. The molecule has 0 saturated carbocycles. The topological polar surface area (TPSA) is 66.4 Å². The zero-order valence-electron chi connectivity index (χ0n) is 8.08. The van der Waals surface area contributed by atoms with Crippen LogP contribution < -0.4 is 5.32 Å². The molecule has 0 aliphatic rings. The van der Waals surface area contributed by atoms with Gasteiger partial charge in [-0.15, -0.1) is 0 Å². The summed E-state index contributed by atoms with van der Waals surface area (Å²) >= 11 is 0. The highest BCUT2D eigenvalue weighted by Crippen LogP contribution is 1.90. The highest BCUT2D eigenvalue weighted by atomic mass is 32.2. The summed E-state index contributed by atoms with van der Waals surface area (Å²) < 4.78 is 11.0. The SMILES string of the molecule is CCC(NCCS(=O)CC)C(=O)O. The van der Waals surface area contributed by atoms with Crippen LogP contribution in [0.15, 0.2) is 0 Å². The molecule has 2 N–H and O–H groups in total. The molecule has 0 amide bonds. The standard InChI is InChI=1S/C8H17NO3S/c1-3-7(8(10)11)9-5-6-13(12)4-2/h7,9H,3-6H2,1-2H3,(H,10,11). The highest BCUT2D eigenvalue weighted by molar-refractivity contribution is 7.84. The Kier molecular flexibility index (Phi) is 6.80. The fourth-order valence-electron chi connectivity index (χ4n) is 0.898. The van der Waals surface area contributed by atoms with Gasteiger partial charge in [-0.3, -0.25) is 9.00 Å². The molecule has 13 heavy (non-hydrogen) atoms. The molecular weight excluding hydrogens is 190 g/mol. The van der Waals surface area contributed by atoms with Crippen LogP contribution in [-0.4, -0.2) is 39.4 Å². The molecule has 0 fully saturated rings. The number of carboxylic acid groups (broad SMARTS) is 1. The molecule has 0 aliphatic carbocycles. The minimum atomic E-state index is -0.843. The van der Waals surface area contributed by atoms with E-state index in [0.717, 1.165) is 0 Å². The third kappa shape index (κ3) is 5.76. The minimum Gasteiger partial charge on any atom is -0.480 e. The van der Waals surface area contributed by atoms with Crippen LogP contribution in [0.1, 0.15) is 20.3 Å². The average molecular weight is 207 g/mol. The summed E-state index contributed by atoms with van der Waals surface area (Å²) in [5.41, 5.74) is 0. The molecule has 2 unspecified atom stereocenters. The molecule has 0 aromatic carbocycles. The van der Waals surface area contributed by atoms with Crippen molar-refractivity contribution >= 4 is 16.8 Å². The number of carboxylic acids is 1. The summed E-state index contributed by atoms with van der Waals surface area (Å²) in [7, 11) is -0.814. The Morgan fingerprint density at radius 3 is 2.54 bits per heavy atom. The normalized spacial score (nSPS) is 15.2. The van der Waals surface area contributed by atoms with Crippen molar-refractivity contribution in [3.8, 4) is 0 Å². The predicted octanol–water partition coefficient (Wildman–Crippen LogP) is 0.208. The van der Waals surface area contributed by atoms with Crippen molar-refractivity contribution in [2.24, 2.45) is 0 Å². The molecule has 0 heterocycles. The van der Waals surface area contributed by atoms with E-state index >= 15 is 0 Å². The van der Waals surface area contributed by atoms with E-state index in [2.05, 4.69) is 5.32 Å². The van der Waals surface area contributed by atoms with Crippen LogP contribution in [0.4, 0.5) is 0 Å². The van der Waals surface area contributed by atoms with Gasteiger partial charge in [0.25, 0.3) is 0 Å². The molecule has 0 bridgehead atoms. The first-order valence-corrected chi connectivity index (χ1v) is 5.91. The van der Waals surface area contributed by atoms with Gasteiger partial charge < -0.3 is 10.4 Å². The fourth-order valence-corrected chi connectivity index (χ4v) is 1.53. The largest absolute Gasteiger partial charge is 0.480 e. The molecule has 5 heteroatoms. The summed E-state index contributed by atoms with van der Waals surface area (Å²) in [6.45, 7) is 4.17. The first-order chi connectivity index (χ1) is 6.11. The van der Waals surface area contributed by atoms with E-state index in [0.29, 0.717) is 24.5 Å². The lowest BCUT2D eigenvalue weighted by atomic mass is 10.2. The Bertz CT molecular complexity index is 184. The molecule has 0 radical (unpaired) electrons. The molecule has 0 aliphatic heterocycles. The van der Waals surface area contributed by atoms with Crippen molar-refractivity contribution in [1.82, 2.24) is 5.32 Å². The Balaban J connectivity index is 3.61. The van der Waals surface area contributed by atoms with E-state index in [1.54, 1.807) is 0 Å². The fraction of sp³-hybridized carbons (Fsp3) is 0.875. The van der Waals surface area contributed by atoms with E-state index in [4.69, 9.17) is 5.11 Å². The van der Waals surface area contributed by atoms with Gasteiger partial charge in [-0.25, -0.2) is 0 Å². The smallest absolute Gasteiger partial charge is 0.320 e. The quantitative estimate of drug-likeness (QED) is 0.626. The minimum absolute atomic E-state index is 0.505. The summed E-state index contributed by atoms with van der Waals surface area (Å²) in [4.78, 5) is 10.5. The molecule has 0 spiro atoms. The van der Waals surface area contributed by atoms with Gasteiger partial charge in [0.1, 0.15) is 6.04 Å². The number of aliphatic carboxylic acids is 1. The molecule has 4 nitrogen and oxygen atoms in total. The van der Waals surface area contributed by atoms with Crippen LogP contribution in [0.5, 0.6) is 0 Å². The third-order valence-electron chi connectivity index (χ3n) is 1.75. The second-order valence-corrected chi connectivity index (χ2v) is 4.55. The van der Waals surface area contributed by atoms with Crippen LogP contribution in [0.25, 0.3) is 0 Å². The maximum absolute atomic E-state index is 11.0. The second kappa shape index (κ2) is 7.03. The van der Waals surface area contributed by atoms with Gasteiger partial charge in [0.15, 0.2) is 0 Å². The van der Waals surface area contributed by atoms with Crippen LogP contribution in [-0.2, 0) is 15.6 Å². The monoisotopic (exact) mass is 207 g/mol. The lowest BCUT2D eigenvalue weighted by molar-refractivity contribution is -0.139. The molecule has 0 aromatic rings. The van der Waals surface area contributed by atoms with Gasteiger partial charge in [-0.05, 0) is 6.42 Å². The van der Waals surface area contributed by atoms with Crippen LogP contribution in [0.2, 0.25) is 0 Å². The van der Waals surface area contributed by atoms with Gasteiger partial charge in [-0.1, -0.05) is 13.8 Å². The summed E-state index contributed by atoms with van der Waals surface area (Å²) in [6, 6.07) is -0.506. The Labute approximate surface area is 81.2 Å². The van der Waals surface area contributed by atoms with Gasteiger partial charge in [0.2, 0.25) is 0 Å². The number of nitrogens with one attached hydrogen (secondary N) is 1. The van der Waals surface area contributed by atoms with Crippen molar-refractivity contribution in [2.45, 2.75) is 26.3 Å². The second-order valence-electron chi connectivity index (χ2n) is 2.69. The number of hydrogen-bond acceptors (Lipinski definition) is 3. The van der Waals surface area contributed by atoms with E-state index in [1.807, 2.05) is 13.8 Å². The van der Waals surface area contributed by atoms with Crippen molar-refractivity contribution in [3.05, 3.63) is 0 Å². The maximum Gasteiger partial charge on any atom is 0.320 e. The van der Waals surface area contributed by atoms with Gasteiger partial charge >= 0.3 is 5.97 Å². The number of carbonyl (C=O) groups is 1. The number of rotatable bonds is 7. The first-order valence-electron chi connectivity index (χ1n) is 4.43. The van der Waals surface area contributed by atoms with E-state index in [-0.39, 0.29) is 0 Å². The Hall–Kier alpha value is -0.420. The van der Waals surface area contributed by atoms with Crippen LogP contribution in [0, 0.1) is 0 Å². The third-order valence-corrected chi connectivity index (χ3v) is 3.05. The van der Waals surface area contributed by atoms with E-state index in [1.165, 1.54) is 0 Å². The lowest BCUT2D eigenvalue weighted by Gasteiger charge is -2.11. The van der Waals surface area contributed by atoms with Gasteiger partial charge in [-0.2, -0.15) is 0 Å². The molecule has 78 valence electrons. The zero-order chi connectivity index (χ0) is 10.3. The Morgan fingerprint density at radius 2 is 2.15 bits per heavy atom. The molecule has 2 atom stereocenters. The van der Waals surface area contributed by atoms with Crippen LogP contribution in [0.3, 0.4) is 0 Å². The summed E-state index contributed by atoms with van der Waals surface area (Å²) in [5, 5.41) is 11.5. The van der Waals surface area contributed by atoms with Gasteiger partial charge in [0.05, 0.1) is 0 Å².